The largest absolute Gasteiger partial charge is 0.495 e. The van der Waals surface area contributed by atoms with Gasteiger partial charge >= 0.3 is 0 Å². The van der Waals surface area contributed by atoms with Gasteiger partial charge in [-0.05, 0) is 35.9 Å². The zero-order chi connectivity index (χ0) is 22.3. The standard InChI is InChI=1S/C19H21Cl3N2O4S2/c1-28-18-6-4-14(10-17(18)22)24(30(2,26)27)11-19(25)23-7-8-29-12-13-3-5-15(20)16(21)9-13/h3-6,9-10H,7-8,11-12H2,1-2H3,(H,23,25). The quantitative estimate of drug-likeness (QED) is 0.476. The molecule has 2 aromatic carbocycles. The van der Waals surface area contributed by atoms with Gasteiger partial charge in [0.15, 0.2) is 0 Å². The van der Waals surface area contributed by atoms with Gasteiger partial charge in [-0.25, -0.2) is 8.42 Å². The number of hydrogen-bond donors (Lipinski definition) is 1. The van der Waals surface area contributed by atoms with Gasteiger partial charge in [-0.2, -0.15) is 11.8 Å². The lowest BCUT2D eigenvalue weighted by Crippen LogP contribution is -2.41. The Morgan fingerprint density at radius 2 is 1.83 bits per heavy atom. The number of hydrogen-bond acceptors (Lipinski definition) is 5. The first-order valence-corrected chi connectivity index (χ1v) is 12.8. The zero-order valence-electron chi connectivity index (χ0n) is 16.3. The van der Waals surface area contributed by atoms with E-state index >= 15 is 0 Å². The number of methoxy groups -OCH3 is 1. The van der Waals surface area contributed by atoms with Gasteiger partial charge in [-0.15, -0.1) is 0 Å². The van der Waals surface area contributed by atoms with Crippen LogP contribution in [-0.4, -0.2) is 46.5 Å². The van der Waals surface area contributed by atoms with E-state index in [9.17, 15) is 13.2 Å². The molecule has 0 aliphatic heterocycles. The minimum Gasteiger partial charge on any atom is -0.495 e. The van der Waals surface area contributed by atoms with E-state index in [1.807, 2.05) is 6.07 Å². The summed E-state index contributed by atoms with van der Waals surface area (Å²) < 4.78 is 30.4. The molecule has 2 aromatic rings. The summed E-state index contributed by atoms with van der Waals surface area (Å²) >= 11 is 19.6. The number of ether oxygens (including phenoxy) is 1. The molecular formula is C19H21Cl3N2O4S2. The molecule has 6 nitrogen and oxygen atoms in total. The van der Waals surface area contributed by atoms with Gasteiger partial charge in [-0.3, -0.25) is 9.10 Å². The number of halogens is 3. The lowest BCUT2D eigenvalue weighted by molar-refractivity contribution is -0.119. The molecule has 0 atom stereocenters. The van der Waals surface area contributed by atoms with Crippen molar-refractivity contribution in [2.45, 2.75) is 5.75 Å². The Hall–Kier alpha value is -1.32. The Labute approximate surface area is 195 Å². The summed E-state index contributed by atoms with van der Waals surface area (Å²) in [5.41, 5.74) is 1.31. The summed E-state index contributed by atoms with van der Waals surface area (Å²) in [6, 6.07) is 9.97. The molecule has 1 N–H and O–H groups in total. The van der Waals surface area contributed by atoms with E-state index in [4.69, 9.17) is 39.5 Å². The fourth-order valence-electron chi connectivity index (χ4n) is 2.48. The van der Waals surface area contributed by atoms with Crippen molar-refractivity contribution in [1.82, 2.24) is 5.32 Å². The summed E-state index contributed by atoms with van der Waals surface area (Å²) in [7, 11) is -2.22. The van der Waals surface area contributed by atoms with Crippen molar-refractivity contribution in [2.24, 2.45) is 0 Å². The van der Waals surface area contributed by atoms with Gasteiger partial charge in [0.25, 0.3) is 0 Å². The number of thioether (sulfide) groups is 1. The summed E-state index contributed by atoms with van der Waals surface area (Å²) in [6.07, 6.45) is 1.03. The first-order valence-electron chi connectivity index (χ1n) is 8.71. The third kappa shape index (κ3) is 7.42. The van der Waals surface area contributed by atoms with E-state index in [0.29, 0.717) is 33.8 Å². The Bertz CT molecular complexity index is 1000. The molecule has 1 amide bonds. The smallest absolute Gasteiger partial charge is 0.240 e. The monoisotopic (exact) mass is 510 g/mol. The number of anilines is 1. The molecule has 0 saturated carbocycles. The lowest BCUT2D eigenvalue weighted by Gasteiger charge is -2.22. The van der Waals surface area contributed by atoms with Crippen molar-refractivity contribution in [3.8, 4) is 5.75 Å². The molecule has 0 aliphatic carbocycles. The van der Waals surface area contributed by atoms with Crippen LogP contribution in [0.25, 0.3) is 0 Å². The van der Waals surface area contributed by atoms with Gasteiger partial charge in [0.1, 0.15) is 12.3 Å². The molecule has 0 fully saturated rings. The third-order valence-electron chi connectivity index (χ3n) is 3.93. The topological polar surface area (TPSA) is 75.7 Å². The van der Waals surface area contributed by atoms with Crippen molar-refractivity contribution in [3.05, 3.63) is 57.0 Å². The van der Waals surface area contributed by atoms with Crippen LogP contribution in [0, 0.1) is 0 Å². The molecule has 0 spiro atoms. The number of amides is 1. The number of sulfonamides is 1. The van der Waals surface area contributed by atoms with Gasteiger partial charge in [0, 0.05) is 18.1 Å². The Balaban J connectivity index is 1.87. The van der Waals surface area contributed by atoms with Crippen LogP contribution in [0.15, 0.2) is 36.4 Å². The molecule has 0 heterocycles. The molecule has 0 saturated heterocycles. The van der Waals surface area contributed by atoms with Crippen molar-refractivity contribution >= 4 is 68.2 Å². The Morgan fingerprint density at radius 3 is 2.43 bits per heavy atom. The van der Waals surface area contributed by atoms with Crippen LogP contribution in [0.2, 0.25) is 15.1 Å². The van der Waals surface area contributed by atoms with E-state index in [2.05, 4.69) is 5.32 Å². The number of carbonyl (C=O) groups excluding carboxylic acids is 1. The van der Waals surface area contributed by atoms with Crippen LogP contribution in [0.3, 0.4) is 0 Å². The normalized spacial score (nSPS) is 11.2. The number of carbonyl (C=O) groups is 1. The number of rotatable bonds is 10. The fourth-order valence-corrected chi connectivity index (χ4v) is 4.71. The molecule has 0 bridgehead atoms. The molecule has 2 rings (SSSR count). The summed E-state index contributed by atoms with van der Waals surface area (Å²) in [5, 5.41) is 3.99. The lowest BCUT2D eigenvalue weighted by atomic mass is 10.2. The summed E-state index contributed by atoms with van der Waals surface area (Å²) in [4.78, 5) is 12.3. The van der Waals surface area contributed by atoms with E-state index in [1.54, 1.807) is 30.0 Å². The predicted octanol–water partition coefficient (Wildman–Crippen LogP) is 4.47. The van der Waals surface area contributed by atoms with Crippen molar-refractivity contribution in [2.75, 3.05) is 36.5 Å². The molecular weight excluding hydrogens is 491 g/mol. The highest BCUT2D eigenvalue weighted by Gasteiger charge is 2.21. The highest BCUT2D eigenvalue weighted by Crippen LogP contribution is 2.30. The molecule has 11 heteroatoms. The van der Waals surface area contributed by atoms with Crippen LogP contribution < -0.4 is 14.4 Å². The van der Waals surface area contributed by atoms with Gasteiger partial charge < -0.3 is 10.1 Å². The minimum absolute atomic E-state index is 0.253. The maximum Gasteiger partial charge on any atom is 0.240 e. The van der Waals surface area contributed by atoms with Crippen molar-refractivity contribution in [1.29, 1.82) is 0 Å². The second kappa shape index (κ2) is 11.3. The van der Waals surface area contributed by atoms with Crippen LogP contribution in [0.5, 0.6) is 5.75 Å². The van der Waals surface area contributed by atoms with E-state index in [0.717, 1.165) is 16.1 Å². The third-order valence-corrected chi connectivity index (χ3v) is 7.14. The summed E-state index contributed by atoms with van der Waals surface area (Å²) in [5.74, 6) is 1.37. The average molecular weight is 512 g/mol. The van der Waals surface area contributed by atoms with Crippen LogP contribution >= 0.6 is 46.6 Å². The molecule has 0 aliphatic rings. The predicted molar refractivity (Wildman–Crippen MR) is 126 cm³/mol. The van der Waals surface area contributed by atoms with Crippen molar-refractivity contribution < 1.29 is 17.9 Å². The highest BCUT2D eigenvalue weighted by molar-refractivity contribution is 7.98. The maximum atomic E-state index is 12.3. The fraction of sp³-hybridized carbons (Fsp3) is 0.316. The SMILES string of the molecule is COc1ccc(N(CC(=O)NCCSCc2ccc(Cl)c(Cl)c2)S(C)(=O)=O)cc1Cl. The first kappa shape index (κ1) is 24.9. The average Bonchev–Trinajstić information content (AvgIpc) is 2.67. The van der Waals surface area contributed by atoms with Gasteiger partial charge in [-0.1, -0.05) is 40.9 Å². The second-order valence-corrected chi connectivity index (χ2v) is 10.5. The van der Waals surface area contributed by atoms with Gasteiger partial charge in [0.05, 0.1) is 34.1 Å². The summed E-state index contributed by atoms with van der Waals surface area (Å²) in [6.45, 7) is 0.0464. The second-order valence-electron chi connectivity index (χ2n) is 6.24. The highest BCUT2D eigenvalue weighted by atomic mass is 35.5. The molecule has 30 heavy (non-hydrogen) atoms. The van der Waals surface area contributed by atoms with E-state index < -0.39 is 15.9 Å². The maximum absolute atomic E-state index is 12.3. The number of nitrogens with one attached hydrogen (secondary N) is 1. The number of nitrogens with zero attached hydrogens (tertiary/aromatic N) is 1. The van der Waals surface area contributed by atoms with Gasteiger partial charge in [0.2, 0.25) is 15.9 Å². The van der Waals surface area contributed by atoms with E-state index in [1.165, 1.54) is 19.2 Å². The molecule has 0 aromatic heterocycles. The molecule has 0 unspecified atom stereocenters. The Morgan fingerprint density at radius 1 is 1.10 bits per heavy atom. The molecule has 164 valence electrons. The van der Waals surface area contributed by atoms with Crippen molar-refractivity contribution in [3.63, 3.8) is 0 Å². The van der Waals surface area contributed by atoms with E-state index in [-0.39, 0.29) is 17.3 Å². The van der Waals surface area contributed by atoms with Crippen LogP contribution in [0.1, 0.15) is 5.56 Å². The minimum atomic E-state index is -3.68. The Kier molecular flexibility index (Phi) is 9.43. The van der Waals surface area contributed by atoms with Crippen LogP contribution in [0.4, 0.5) is 5.69 Å². The number of benzene rings is 2. The van der Waals surface area contributed by atoms with Crippen LogP contribution in [-0.2, 0) is 20.6 Å². The molecule has 0 radical (unpaired) electrons. The first-order chi connectivity index (χ1) is 14.1. The zero-order valence-corrected chi connectivity index (χ0v) is 20.2.